The number of ether oxygens (including phenoxy) is 1. The van der Waals surface area contributed by atoms with Gasteiger partial charge in [0.05, 0.1) is 6.04 Å². The summed E-state index contributed by atoms with van der Waals surface area (Å²) in [6.07, 6.45) is 0.621. The van der Waals surface area contributed by atoms with E-state index in [0.717, 1.165) is 24.2 Å². The maximum Gasteiger partial charge on any atom is 0.410 e. The van der Waals surface area contributed by atoms with Gasteiger partial charge in [0, 0.05) is 18.8 Å². The summed E-state index contributed by atoms with van der Waals surface area (Å²) < 4.78 is 5.63. The van der Waals surface area contributed by atoms with Crippen molar-refractivity contribution in [1.29, 1.82) is 0 Å². The van der Waals surface area contributed by atoms with E-state index in [0.29, 0.717) is 6.54 Å². The third kappa shape index (κ3) is 6.29. The van der Waals surface area contributed by atoms with Gasteiger partial charge in [-0.3, -0.25) is 0 Å². The quantitative estimate of drug-likeness (QED) is 0.609. The molecule has 1 N–H and O–H groups in total. The molecule has 1 atom stereocenters. The normalized spacial score (nSPS) is 12.4. The summed E-state index contributed by atoms with van der Waals surface area (Å²) in [6, 6.07) is 16.6. The maximum atomic E-state index is 12.7. The number of anilines is 1. The van der Waals surface area contributed by atoms with Crippen molar-refractivity contribution >= 4 is 11.8 Å². The van der Waals surface area contributed by atoms with Crippen molar-refractivity contribution in [3.8, 4) is 0 Å². The van der Waals surface area contributed by atoms with Crippen molar-refractivity contribution in [2.24, 2.45) is 0 Å². The zero-order valence-corrected chi connectivity index (χ0v) is 18.1. The maximum absolute atomic E-state index is 12.7. The van der Waals surface area contributed by atoms with Gasteiger partial charge >= 0.3 is 6.09 Å². The molecule has 0 spiro atoms. The number of hydrogen-bond acceptors (Lipinski definition) is 3. The van der Waals surface area contributed by atoms with Crippen LogP contribution in [-0.2, 0) is 11.3 Å². The summed E-state index contributed by atoms with van der Waals surface area (Å²) in [5.74, 6) is 0. The van der Waals surface area contributed by atoms with Crippen LogP contribution >= 0.6 is 0 Å². The Bertz CT molecular complexity index is 766. The Hall–Kier alpha value is -2.49. The molecule has 152 valence electrons. The van der Waals surface area contributed by atoms with Gasteiger partial charge in [-0.1, -0.05) is 49.4 Å². The average Bonchev–Trinajstić information content (AvgIpc) is 2.64. The van der Waals surface area contributed by atoms with E-state index in [9.17, 15) is 4.79 Å². The lowest BCUT2D eigenvalue weighted by Gasteiger charge is -2.32. The zero-order valence-electron chi connectivity index (χ0n) is 18.1. The third-order valence-electron chi connectivity index (χ3n) is 4.63. The van der Waals surface area contributed by atoms with E-state index in [1.54, 1.807) is 0 Å². The molecule has 4 heteroatoms. The van der Waals surface area contributed by atoms with E-state index in [4.69, 9.17) is 4.74 Å². The molecule has 0 fully saturated rings. The SMILES string of the molecule is CCCN(C(=O)OC(C)(C)C)C(C)c1ccc(C)c(NCc2ccccc2)c1. The van der Waals surface area contributed by atoms with E-state index in [2.05, 4.69) is 56.4 Å². The molecular weight excluding hydrogens is 348 g/mol. The fraction of sp³-hybridized carbons (Fsp3) is 0.458. The van der Waals surface area contributed by atoms with Crippen LogP contribution in [0.2, 0.25) is 0 Å². The molecule has 0 radical (unpaired) electrons. The molecular formula is C24H34N2O2. The highest BCUT2D eigenvalue weighted by Gasteiger charge is 2.26. The van der Waals surface area contributed by atoms with Crippen LogP contribution in [0.1, 0.15) is 63.8 Å². The number of nitrogens with one attached hydrogen (secondary N) is 1. The average molecular weight is 383 g/mol. The van der Waals surface area contributed by atoms with Gasteiger partial charge in [0.2, 0.25) is 0 Å². The molecule has 0 aliphatic rings. The first-order chi connectivity index (χ1) is 13.2. The van der Waals surface area contributed by atoms with E-state index < -0.39 is 5.60 Å². The van der Waals surface area contributed by atoms with Crippen LogP contribution in [0.3, 0.4) is 0 Å². The Balaban J connectivity index is 2.18. The lowest BCUT2D eigenvalue weighted by molar-refractivity contribution is 0.0173. The topological polar surface area (TPSA) is 41.6 Å². The first kappa shape index (κ1) is 21.8. The molecule has 1 unspecified atom stereocenters. The standard InChI is InChI=1S/C24H34N2O2/c1-7-15-26(23(27)28-24(4,5)6)19(3)21-14-13-18(2)22(16-21)25-17-20-11-9-8-10-12-20/h8-14,16,19,25H,7,15,17H2,1-6H3. The summed E-state index contributed by atoms with van der Waals surface area (Å²) >= 11 is 0. The second-order valence-corrected chi connectivity index (χ2v) is 8.26. The van der Waals surface area contributed by atoms with E-state index >= 15 is 0 Å². The van der Waals surface area contributed by atoms with Crippen molar-refractivity contribution < 1.29 is 9.53 Å². The predicted molar refractivity (Wildman–Crippen MR) is 117 cm³/mol. The van der Waals surface area contributed by atoms with Crippen LogP contribution in [0, 0.1) is 6.92 Å². The molecule has 2 aromatic carbocycles. The van der Waals surface area contributed by atoms with Crippen LogP contribution in [0.4, 0.5) is 10.5 Å². The van der Waals surface area contributed by atoms with Crippen LogP contribution in [0.25, 0.3) is 0 Å². The molecule has 0 aromatic heterocycles. The number of nitrogens with zero attached hydrogens (tertiary/aromatic N) is 1. The van der Waals surface area contributed by atoms with E-state index in [-0.39, 0.29) is 12.1 Å². The van der Waals surface area contributed by atoms with Gasteiger partial charge in [-0.05, 0) is 63.8 Å². The predicted octanol–water partition coefficient (Wildman–Crippen LogP) is 6.32. The number of aryl methyl sites for hydroxylation is 1. The number of amides is 1. The molecule has 28 heavy (non-hydrogen) atoms. The van der Waals surface area contributed by atoms with Crippen molar-refractivity contribution in [1.82, 2.24) is 4.90 Å². The Morgan fingerprint density at radius 1 is 1.14 bits per heavy atom. The first-order valence-corrected chi connectivity index (χ1v) is 10.1. The third-order valence-corrected chi connectivity index (χ3v) is 4.63. The van der Waals surface area contributed by atoms with Gasteiger partial charge in [-0.2, -0.15) is 0 Å². The Morgan fingerprint density at radius 3 is 2.43 bits per heavy atom. The molecule has 0 saturated heterocycles. The zero-order chi connectivity index (χ0) is 20.7. The van der Waals surface area contributed by atoms with Gasteiger partial charge in [-0.15, -0.1) is 0 Å². The largest absolute Gasteiger partial charge is 0.444 e. The Kier molecular flexibility index (Phi) is 7.50. The minimum absolute atomic E-state index is 0.0623. The van der Waals surface area contributed by atoms with Crippen LogP contribution in [0.5, 0.6) is 0 Å². The first-order valence-electron chi connectivity index (χ1n) is 10.1. The fourth-order valence-corrected chi connectivity index (χ4v) is 3.07. The Labute approximate surface area is 169 Å². The molecule has 1 amide bonds. The number of carbonyl (C=O) groups excluding carboxylic acids is 1. The van der Waals surface area contributed by atoms with Crippen molar-refractivity contribution in [3.63, 3.8) is 0 Å². The van der Waals surface area contributed by atoms with Gasteiger partial charge in [0.15, 0.2) is 0 Å². The molecule has 0 heterocycles. The summed E-state index contributed by atoms with van der Waals surface area (Å²) in [6.45, 7) is 13.4. The number of carbonyl (C=O) groups is 1. The van der Waals surface area contributed by atoms with E-state index in [1.165, 1.54) is 11.1 Å². The summed E-state index contributed by atoms with van der Waals surface area (Å²) in [5, 5.41) is 3.53. The molecule has 2 rings (SSSR count). The summed E-state index contributed by atoms with van der Waals surface area (Å²) in [7, 11) is 0. The Morgan fingerprint density at radius 2 is 1.82 bits per heavy atom. The van der Waals surface area contributed by atoms with Crippen molar-refractivity contribution in [3.05, 3.63) is 65.2 Å². The lowest BCUT2D eigenvalue weighted by Crippen LogP contribution is -2.38. The number of hydrogen-bond donors (Lipinski definition) is 1. The minimum Gasteiger partial charge on any atom is -0.444 e. The molecule has 0 bridgehead atoms. The van der Waals surface area contributed by atoms with Crippen molar-refractivity contribution in [2.75, 3.05) is 11.9 Å². The van der Waals surface area contributed by atoms with E-state index in [1.807, 2.05) is 43.9 Å². The molecule has 2 aromatic rings. The number of rotatable bonds is 7. The highest BCUT2D eigenvalue weighted by atomic mass is 16.6. The van der Waals surface area contributed by atoms with Gasteiger partial charge in [-0.25, -0.2) is 4.79 Å². The van der Waals surface area contributed by atoms with Crippen LogP contribution < -0.4 is 5.32 Å². The highest BCUT2D eigenvalue weighted by molar-refractivity contribution is 5.69. The van der Waals surface area contributed by atoms with Crippen molar-refractivity contribution in [2.45, 2.75) is 66.2 Å². The summed E-state index contributed by atoms with van der Waals surface area (Å²) in [5.41, 5.74) is 4.11. The smallest absolute Gasteiger partial charge is 0.410 e. The fourth-order valence-electron chi connectivity index (χ4n) is 3.07. The monoisotopic (exact) mass is 382 g/mol. The molecule has 4 nitrogen and oxygen atoms in total. The summed E-state index contributed by atoms with van der Waals surface area (Å²) in [4.78, 5) is 14.5. The molecule has 0 saturated carbocycles. The van der Waals surface area contributed by atoms with Gasteiger partial charge in [0.1, 0.15) is 5.60 Å². The number of benzene rings is 2. The second-order valence-electron chi connectivity index (χ2n) is 8.26. The van der Waals surface area contributed by atoms with Gasteiger partial charge < -0.3 is 15.0 Å². The lowest BCUT2D eigenvalue weighted by atomic mass is 10.0. The second kappa shape index (κ2) is 9.63. The van der Waals surface area contributed by atoms with Crippen LogP contribution in [-0.4, -0.2) is 23.1 Å². The highest BCUT2D eigenvalue weighted by Crippen LogP contribution is 2.27. The van der Waals surface area contributed by atoms with Gasteiger partial charge in [0.25, 0.3) is 0 Å². The molecule has 0 aliphatic heterocycles. The molecule has 0 aliphatic carbocycles. The van der Waals surface area contributed by atoms with Crippen LogP contribution in [0.15, 0.2) is 48.5 Å². The minimum atomic E-state index is -0.502.